The van der Waals surface area contributed by atoms with Crippen LogP contribution in [0.2, 0.25) is 18.1 Å². The van der Waals surface area contributed by atoms with Crippen LogP contribution < -0.4 is 5.32 Å². The van der Waals surface area contributed by atoms with Gasteiger partial charge in [0.05, 0.1) is 0 Å². The largest absolute Gasteiger partial charge is 0.417 e. The van der Waals surface area contributed by atoms with E-state index in [4.69, 9.17) is 4.43 Å². The molecule has 0 aliphatic rings. The van der Waals surface area contributed by atoms with Crippen LogP contribution in [0.1, 0.15) is 40.0 Å². The molecular weight excluding hydrogens is 262 g/mol. The van der Waals surface area contributed by atoms with E-state index in [0.29, 0.717) is 0 Å². The lowest BCUT2D eigenvalue weighted by molar-refractivity contribution is 0.316. The Balaban J connectivity index is 2.40. The Morgan fingerprint density at radius 1 is 0.950 bits per heavy atom. The maximum atomic E-state index is 6.27. The minimum Gasteiger partial charge on any atom is -0.417 e. The molecule has 0 amide bonds. The Labute approximate surface area is 126 Å². The summed E-state index contributed by atoms with van der Waals surface area (Å²) in [5.41, 5.74) is 1.22. The van der Waals surface area contributed by atoms with Crippen molar-refractivity contribution in [1.29, 1.82) is 0 Å². The highest BCUT2D eigenvalue weighted by Gasteiger charge is 2.31. The van der Waals surface area contributed by atoms with Crippen LogP contribution in [0.3, 0.4) is 0 Å². The summed E-state index contributed by atoms with van der Waals surface area (Å²) >= 11 is 0. The van der Waals surface area contributed by atoms with Crippen LogP contribution in [-0.4, -0.2) is 21.5 Å². The van der Waals surface area contributed by atoms with E-state index in [2.05, 4.69) is 56.4 Å². The van der Waals surface area contributed by atoms with E-state index in [1.165, 1.54) is 43.1 Å². The number of anilines is 1. The van der Waals surface area contributed by atoms with Gasteiger partial charge in [-0.1, -0.05) is 44.9 Å². The predicted octanol–water partition coefficient (Wildman–Crippen LogP) is 5.29. The molecule has 2 nitrogen and oxygen atoms in total. The molecule has 0 bridgehead atoms. The minimum absolute atomic E-state index is 0.887. The summed E-state index contributed by atoms with van der Waals surface area (Å²) in [6, 6.07) is 14.4. The summed E-state index contributed by atoms with van der Waals surface area (Å²) in [4.78, 5) is 0. The number of rotatable bonds is 11. The van der Waals surface area contributed by atoms with Crippen LogP contribution in [0.25, 0.3) is 0 Å². The highest BCUT2D eigenvalue weighted by Crippen LogP contribution is 2.27. The van der Waals surface area contributed by atoms with E-state index < -0.39 is 8.32 Å². The molecule has 0 aromatic heterocycles. The maximum Gasteiger partial charge on any atom is 0.192 e. The highest BCUT2D eigenvalue weighted by molar-refractivity contribution is 6.73. The molecule has 1 N–H and O–H groups in total. The van der Waals surface area contributed by atoms with Gasteiger partial charge in [0.2, 0.25) is 0 Å². The summed E-state index contributed by atoms with van der Waals surface area (Å²) in [7, 11) is -1.47. The van der Waals surface area contributed by atoms with E-state index in [1.54, 1.807) is 0 Å². The highest BCUT2D eigenvalue weighted by atomic mass is 28.4. The lowest BCUT2D eigenvalue weighted by Gasteiger charge is -2.31. The Kier molecular flexibility index (Phi) is 8.63. The second kappa shape index (κ2) is 10.0. The van der Waals surface area contributed by atoms with Crippen LogP contribution in [0.5, 0.6) is 0 Å². The first-order chi connectivity index (χ1) is 9.76. The predicted molar refractivity (Wildman–Crippen MR) is 91.9 cm³/mol. The number of hydrogen-bond donors (Lipinski definition) is 1. The van der Waals surface area contributed by atoms with Gasteiger partial charge in [-0.2, -0.15) is 0 Å². The van der Waals surface area contributed by atoms with Gasteiger partial charge in [0.15, 0.2) is 8.32 Å². The van der Waals surface area contributed by atoms with Crippen LogP contribution >= 0.6 is 0 Å². The molecule has 1 aromatic carbocycles. The summed E-state index contributed by atoms with van der Waals surface area (Å²) in [5.74, 6) is 0. The molecule has 0 aliphatic heterocycles. The van der Waals surface area contributed by atoms with Crippen molar-refractivity contribution in [3.8, 4) is 0 Å². The van der Waals surface area contributed by atoms with Gasteiger partial charge >= 0.3 is 0 Å². The van der Waals surface area contributed by atoms with Crippen molar-refractivity contribution >= 4 is 14.0 Å². The van der Waals surface area contributed by atoms with Gasteiger partial charge in [0.25, 0.3) is 0 Å². The number of nitrogens with one attached hydrogen (secondary N) is 1. The van der Waals surface area contributed by atoms with Crippen molar-refractivity contribution in [2.45, 2.75) is 58.2 Å². The third kappa shape index (κ3) is 6.10. The van der Waals surface area contributed by atoms with Crippen LogP contribution in [0, 0.1) is 0 Å². The van der Waals surface area contributed by atoms with E-state index in [1.807, 2.05) is 0 Å². The number of hydrogen-bond acceptors (Lipinski definition) is 2. The molecule has 1 aromatic rings. The van der Waals surface area contributed by atoms with E-state index >= 15 is 0 Å². The molecule has 20 heavy (non-hydrogen) atoms. The molecule has 0 saturated carbocycles. The molecule has 114 valence electrons. The molecule has 0 heterocycles. The van der Waals surface area contributed by atoms with Crippen molar-refractivity contribution < 1.29 is 4.43 Å². The molecule has 0 fully saturated rings. The third-order valence-corrected chi connectivity index (χ3v) is 8.76. The molecule has 0 saturated heterocycles. The zero-order valence-electron chi connectivity index (χ0n) is 13.5. The molecule has 0 unspecified atom stereocenters. The van der Waals surface area contributed by atoms with Gasteiger partial charge in [-0.15, -0.1) is 0 Å². The first kappa shape index (κ1) is 17.2. The van der Waals surface area contributed by atoms with Crippen molar-refractivity contribution in [2.24, 2.45) is 0 Å². The second-order valence-electron chi connectivity index (χ2n) is 5.51. The fourth-order valence-electron chi connectivity index (χ4n) is 3.01. The van der Waals surface area contributed by atoms with Gasteiger partial charge in [-0.3, -0.25) is 0 Å². The molecule has 1 rings (SSSR count). The van der Waals surface area contributed by atoms with Gasteiger partial charge in [0.1, 0.15) is 0 Å². The summed E-state index contributed by atoms with van der Waals surface area (Å²) in [6.45, 7) is 8.67. The van der Waals surface area contributed by atoms with Crippen molar-refractivity contribution in [3.05, 3.63) is 30.3 Å². The van der Waals surface area contributed by atoms with E-state index in [-0.39, 0.29) is 0 Å². The van der Waals surface area contributed by atoms with Gasteiger partial charge in [-0.25, -0.2) is 0 Å². The van der Waals surface area contributed by atoms with Gasteiger partial charge < -0.3 is 9.74 Å². The zero-order chi connectivity index (χ0) is 14.7. The van der Waals surface area contributed by atoms with Gasteiger partial charge in [0, 0.05) is 18.8 Å². The second-order valence-corrected chi connectivity index (χ2v) is 9.67. The van der Waals surface area contributed by atoms with Gasteiger partial charge in [-0.05, 0) is 43.6 Å². The van der Waals surface area contributed by atoms with Crippen molar-refractivity contribution in [2.75, 3.05) is 18.5 Å². The average Bonchev–Trinajstić information content (AvgIpc) is 2.46. The number of benzene rings is 1. The lowest BCUT2D eigenvalue weighted by Crippen LogP contribution is -2.38. The number of para-hydroxylation sites is 1. The summed E-state index contributed by atoms with van der Waals surface area (Å²) < 4.78 is 6.27. The zero-order valence-corrected chi connectivity index (χ0v) is 14.5. The SMILES string of the molecule is CCC[Si](CCC)(CCCNc1ccccc1)OCC. The molecular formula is C17H31NOSi. The standard InChI is InChI=1S/C17H31NOSi/c1-4-14-20(15-5-2,19-6-3)16-10-13-18-17-11-8-7-9-12-17/h7-9,11-12,18H,4-6,10,13-16H2,1-3H3. The van der Waals surface area contributed by atoms with Crippen molar-refractivity contribution in [3.63, 3.8) is 0 Å². The Bertz CT molecular complexity index is 325. The smallest absolute Gasteiger partial charge is 0.192 e. The fourth-order valence-corrected chi connectivity index (χ4v) is 7.45. The topological polar surface area (TPSA) is 21.3 Å². The monoisotopic (exact) mass is 293 g/mol. The maximum absolute atomic E-state index is 6.27. The molecule has 0 atom stereocenters. The minimum atomic E-state index is -1.47. The normalized spacial score (nSPS) is 11.6. The first-order valence-corrected chi connectivity index (χ1v) is 10.7. The Morgan fingerprint density at radius 3 is 2.15 bits per heavy atom. The van der Waals surface area contributed by atoms with E-state index in [0.717, 1.165) is 13.2 Å². The first-order valence-electron chi connectivity index (χ1n) is 8.19. The summed E-state index contributed by atoms with van der Waals surface area (Å²) in [6.07, 6.45) is 3.75. The lowest BCUT2D eigenvalue weighted by atomic mass is 10.3. The van der Waals surface area contributed by atoms with E-state index in [9.17, 15) is 0 Å². The molecule has 3 heteroatoms. The Morgan fingerprint density at radius 2 is 1.60 bits per heavy atom. The molecule has 0 radical (unpaired) electrons. The van der Waals surface area contributed by atoms with Crippen LogP contribution in [0.4, 0.5) is 5.69 Å². The fraction of sp³-hybridized carbons (Fsp3) is 0.647. The van der Waals surface area contributed by atoms with Crippen LogP contribution in [-0.2, 0) is 4.43 Å². The Hall–Kier alpha value is -0.803. The summed E-state index contributed by atoms with van der Waals surface area (Å²) in [5, 5.41) is 3.51. The third-order valence-electron chi connectivity index (χ3n) is 3.77. The average molecular weight is 294 g/mol. The van der Waals surface area contributed by atoms with Crippen molar-refractivity contribution in [1.82, 2.24) is 0 Å². The van der Waals surface area contributed by atoms with Crippen LogP contribution in [0.15, 0.2) is 30.3 Å². The molecule has 0 aliphatic carbocycles. The quantitative estimate of drug-likeness (QED) is 0.442. The molecule has 0 spiro atoms.